The number of benzene rings is 3. The Morgan fingerprint density at radius 2 is 1.62 bits per heavy atom. The van der Waals surface area contributed by atoms with Gasteiger partial charge in [-0.15, -0.1) is 0 Å². The molecule has 0 aliphatic heterocycles. The van der Waals surface area contributed by atoms with Crippen molar-refractivity contribution >= 4 is 24.0 Å². The lowest BCUT2D eigenvalue weighted by molar-refractivity contribution is -0.659. The molecule has 0 saturated heterocycles. The van der Waals surface area contributed by atoms with Gasteiger partial charge in [0.25, 0.3) is 0 Å². The van der Waals surface area contributed by atoms with Crippen LogP contribution >= 0.6 is 0 Å². The van der Waals surface area contributed by atoms with E-state index < -0.39 is 8.07 Å². The molecule has 32 heavy (non-hydrogen) atoms. The molecule has 0 spiro atoms. The molecule has 1 heterocycles. The quantitative estimate of drug-likeness (QED) is 0.293. The van der Waals surface area contributed by atoms with E-state index in [-0.39, 0.29) is 0 Å². The number of hydrogen-bond donors (Lipinski definition) is 0. The average Bonchev–Trinajstić information content (AvgIpc) is 2.77. The van der Waals surface area contributed by atoms with Gasteiger partial charge in [0.2, 0.25) is 5.69 Å². The van der Waals surface area contributed by atoms with Crippen molar-refractivity contribution in [2.24, 2.45) is 7.05 Å². The Kier molecular flexibility index (Phi) is 5.75. The molecule has 1 aromatic heterocycles. The van der Waals surface area contributed by atoms with Crippen LogP contribution in [0.4, 0.5) is 0 Å². The zero-order valence-corrected chi connectivity index (χ0v) is 21.0. The lowest BCUT2D eigenvalue weighted by Crippen LogP contribution is -2.44. The second kappa shape index (κ2) is 8.37. The largest absolute Gasteiger partial charge is 0.220 e. The number of nitrogens with zero attached hydrogens (tertiary/aromatic N) is 2. The van der Waals surface area contributed by atoms with Crippen LogP contribution in [0.15, 0.2) is 66.9 Å². The van der Waals surface area contributed by atoms with Gasteiger partial charge in [0, 0.05) is 6.07 Å². The second-order valence-electron chi connectivity index (χ2n) is 9.60. The fraction of sp³-hybridized carbons (Fsp3) is 0.241. The number of aryl methyl sites for hydroxylation is 2. The lowest BCUT2D eigenvalue weighted by Gasteiger charge is -2.24. The molecule has 0 N–H and O–H groups in total. The van der Waals surface area contributed by atoms with Crippen LogP contribution in [-0.2, 0) is 13.1 Å². The predicted octanol–water partition coefficient (Wildman–Crippen LogP) is 5.83. The van der Waals surface area contributed by atoms with E-state index in [1.807, 2.05) is 6.92 Å². The number of hydrogen-bond acceptors (Lipinski definition) is 1. The molecule has 4 rings (SSSR count). The van der Waals surface area contributed by atoms with Gasteiger partial charge in [0.1, 0.15) is 7.05 Å². The Labute approximate surface area is 192 Å². The van der Waals surface area contributed by atoms with E-state index in [1.165, 1.54) is 38.3 Å². The maximum atomic E-state index is 9.57. The highest BCUT2D eigenvalue weighted by molar-refractivity contribution is 6.89. The molecular weight excluding hydrogens is 404 g/mol. The zero-order valence-electron chi connectivity index (χ0n) is 20.0. The van der Waals surface area contributed by atoms with Crippen molar-refractivity contribution in [3.63, 3.8) is 0 Å². The summed E-state index contributed by atoms with van der Waals surface area (Å²) < 4.78 is 2.21. The maximum Gasteiger partial charge on any atom is 0.220 e. The van der Waals surface area contributed by atoms with Crippen LogP contribution < -0.4 is 9.75 Å². The molecule has 3 aromatic carbocycles. The van der Waals surface area contributed by atoms with Gasteiger partial charge in [-0.2, -0.15) is 5.26 Å². The molecule has 0 radical (unpaired) electrons. The van der Waals surface area contributed by atoms with Crippen molar-refractivity contribution in [1.29, 1.82) is 5.26 Å². The Morgan fingerprint density at radius 3 is 2.31 bits per heavy atom. The van der Waals surface area contributed by atoms with Crippen LogP contribution in [0.3, 0.4) is 0 Å². The van der Waals surface area contributed by atoms with E-state index in [9.17, 15) is 5.26 Å². The summed E-state index contributed by atoms with van der Waals surface area (Å²) in [6, 6.07) is 25.8. The first kappa shape index (κ1) is 22.0. The van der Waals surface area contributed by atoms with Gasteiger partial charge < -0.3 is 0 Å². The van der Waals surface area contributed by atoms with Crippen molar-refractivity contribution in [3.8, 4) is 17.3 Å². The van der Waals surface area contributed by atoms with Crippen molar-refractivity contribution in [2.45, 2.75) is 39.9 Å². The first-order valence-corrected chi connectivity index (χ1v) is 14.4. The van der Waals surface area contributed by atoms with Crippen LogP contribution in [0.2, 0.25) is 13.1 Å². The Hall–Kier alpha value is -3.22. The molecule has 0 aliphatic carbocycles. The number of pyridine rings is 1. The highest BCUT2D eigenvalue weighted by Crippen LogP contribution is 2.32. The fourth-order valence-electron chi connectivity index (χ4n) is 4.84. The van der Waals surface area contributed by atoms with Crippen molar-refractivity contribution in [2.75, 3.05) is 0 Å². The summed E-state index contributed by atoms with van der Waals surface area (Å²) in [7, 11) is 0.478. The first-order valence-electron chi connectivity index (χ1n) is 11.2. The summed E-state index contributed by atoms with van der Waals surface area (Å²) in [4.78, 5) is 0. The number of nitriles is 1. The van der Waals surface area contributed by atoms with Crippen molar-refractivity contribution < 1.29 is 4.57 Å². The minimum atomic E-state index is -1.63. The molecule has 0 aliphatic rings. The second-order valence-corrected chi connectivity index (χ2v) is 14.3. The van der Waals surface area contributed by atoms with E-state index in [2.05, 4.69) is 111 Å². The summed E-state index contributed by atoms with van der Waals surface area (Å²) in [5.41, 5.74) is 7.93. The lowest BCUT2D eigenvalue weighted by atomic mass is 9.91. The normalized spacial score (nSPS) is 11.5. The first-order chi connectivity index (χ1) is 15.2. The summed E-state index contributed by atoms with van der Waals surface area (Å²) >= 11 is 0. The van der Waals surface area contributed by atoms with Crippen LogP contribution in [0.5, 0.6) is 0 Å². The van der Waals surface area contributed by atoms with Crippen LogP contribution in [0.25, 0.3) is 22.0 Å². The number of fused-ring (bicyclic) bond motifs is 1. The molecule has 0 amide bonds. The van der Waals surface area contributed by atoms with Gasteiger partial charge in [-0.1, -0.05) is 66.3 Å². The molecule has 0 unspecified atom stereocenters. The molecule has 0 fully saturated rings. The summed E-state index contributed by atoms with van der Waals surface area (Å²) in [5, 5.41) is 13.6. The maximum absolute atomic E-state index is 9.57. The van der Waals surface area contributed by atoms with E-state index in [0.717, 1.165) is 22.7 Å². The van der Waals surface area contributed by atoms with Crippen molar-refractivity contribution in [3.05, 3.63) is 94.7 Å². The molecular formula is C29H31N2Si+. The molecule has 4 aromatic rings. The zero-order chi connectivity index (χ0) is 23.0. The van der Waals surface area contributed by atoms with Crippen LogP contribution in [-0.4, -0.2) is 8.07 Å². The molecule has 2 nitrogen and oxygen atoms in total. The SMILES string of the molecule is Cc1cc(-c2c3ccc([Si](C)(C)Cc4ccccc4)cc3cc[n+]2C)c(C)c(C)c1C#N. The standard InChI is InChI=1S/C29H31N2Si/c1-20-16-27(21(2)22(3)28(20)18-30)29-26-13-12-25(17-24(26)14-15-31(29)4)32(5,6)19-23-10-8-7-9-11-23/h7-17H,19H2,1-6H3/q+1. The van der Waals surface area contributed by atoms with E-state index in [4.69, 9.17) is 0 Å². The Balaban J connectivity index is 1.86. The number of aromatic nitrogens is 1. The highest BCUT2D eigenvalue weighted by Gasteiger charge is 2.26. The Morgan fingerprint density at radius 1 is 0.906 bits per heavy atom. The Bertz CT molecular complexity index is 1360. The predicted molar refractivity (Wildman–Crippen MR) is 137 cm³/mol. The van der Waals surface area contributed by atoms with E-state index in [0.29, 0.717) is 0 Å². The van der Waals surface area contributed by atoms with Crippen LogP contribution in [0.1, 0.15) is 27.8 Å². The monoisotopic (exact) mass is 435 g/mol. The minimum Gasteiger partial charge on any atom is -0.200 e. The summed E-state index contributed by atoms with van der Waals surface area (Å²) in [5.74, 6) is 0. The third-order valence-corrected chi connectivity index (χ3v) is 10.0. The van der Waals surface area contributed by atoms with Gasteiger partial charge in [-0.3, -0.25) is 0 Å². The fourth-order valence-corrected chi connectivity index (χ4v) is 7.38. The molecule has 3 heteroatoms. The van der Waals surface area contributed by atoms with Gasteiger partial charge in [0.05, 0.1) is 30.7 Å². The molecule has 0 saturated carbocycles. The van der Waals surface area contributed by atoms with E-state index >= 15 is 0 Å². The van der Waals surface area contributed by atoms with Gasteiger partial charge in [0.15, 0.2) is 6.20 Å². The third-order valence-electron chi connectivity index (χ3n) is 6.87. The number of rotatable bonds is 4. The van der Waals surface area contributed by atoms with Crippen molar-refractivity contribution in [1.82, 2.24) is 0 Å². The van der Waals surface area contributed by atoms with E-state index in [1.54, 1.807) is 0 Å². The molecule has 160 valence electrons. The topological polar surface area (TPSA) is 27.7 Å². The molecule has 0 atom stereocenters. The smallest absolute Gasteiger partial charge is 0.200 e. The van der Waals surface area contributed by atoms with Gasteiger partial charge >= 0.3 is 0 Å². The third kappa shape index (κ3) is 3.87. The molecule has 0 bridgehead atoms. The average molecular weight is 436 g/mol. The van der Waals surface area contributed by atoms with Gasteiger partial charge in [-0.25, -0.2) is 4.57 Å². The van der Waals surface area contributed by atoms with Gasteiger partial charge in [-0.05, 0) is 61.0 Å². The minimum absolute atomic E-state index is 0.796. The van der Waals surface area contributed by atoms with Crippen LogP contribution in [0, 0.1) is 32.1 Å². The summed E-state index contributed by atoms with van der Waals surface area (Å²) in [6.45, 7) is 11.2. The highest BCUT2D eigenvalue weighted by atomic mass is 28.3. The summed E-state index contributed by atoms with van der Waals surface area (Å²) in [6.07, 6.45) is 2.16.